The van der Waals surface area contributed by atoms with Gasteiger partial charge in [-0.05, 0) is 20.8 Å². The van der Waals surface area contributed by atoms with Crippen LogP contribution in [0.5, 0.6) is 0 Å². The molecule has 1 heterocycles. The Morgan fingerprint density at radius 1 is 1.17 bits per heavy atom. The van der Waals surface area contributed by atoms with Crippen LogP contribution in [-0.4, -0.2) is 61.1 Å². The molecule has 1 aliphatic rings. The summed E-state index contributed by atoms with van der Waals surface area (Å²) in [7, 11) is 3.50. The van der Waals surface area contributed by atoms with Crippen molar-refractivity contribution in [3.05, 3.63) is 0 Å². The Morgan fingerprint density at radius 3 is 2.22 bits per heavy atom. The molecule has 0 aromatic rings. The van der Waals surface area contributed by atoms with Crippen LogP contribution in [0.2, 0.25) is 0 Å². The van der Waals surface area contributed by atoms with Crippen LogP contribution >= 0.6 is 0 Å². The van der Waals surface area contributed by atoms with E-state index in [0.29, 0.717) is 32.8 Å². The van der Waals surface area contributed by atoms with Crippen LogP contribution in [0.4, 0.5) is 0 Å². The average molecular weight is 275 g/mol. The Hall–Kier alpha value is 0.0169. The van der Waals surface area contributed by atoms with Gasteiger partial charge in [-0.25, -0.2) is 0 Å². The van der Waals surface area contributed by atoms with E-state index in [2.05, 4.69) is 10.2 Å². The maximum absolute atomic E-state index is 5.77. The lowest BCUT2D eigenvalue weighted by atomic mass is 10.3. The van der Waals surface area contributed by atoms with Crippen molar-refractivity contribution >= 4 is 10.2 Å². The third kappa shape index (κ3) is 5.77. The number of ether oxygens (including phenoxy) is 5. The van der Waals surface area contributed by atoms with Gasteiger partial charge in [0.25, 0.3) is 5.97 Å². The standard InChI is InChI=1S/C12H23O5Si/c1-4-13-11(18)7-12(15-5-2,16-6-3)17-9-10-8-14-10/h10-11H,4-9H2,1-3H3. The predicted octanol–water partition coefficient (Wildman–Crippen LogP) is 1.05. The molecule has 0 bridgehead atoms. The van der Waals surface area contributed by atoms with E-state index in [1.165, 1.54) is 0 Å². The lowest BCUT2D eigenvalue weighted by Crippen LogP contribution is -2.44. The van der Waals surface area contributed by atoms with Gasteiger partial charge in [-0.1, -0.05) is 0 Å². The minimum Gasteiger partial charge on any atom is -0.382 e. The SMILES string of the molecule is CCOC([Si])CC(OCC)(OCC)OCC1CO1. The van der Waals surface area contributed by atoms with Gasteiger partial charge in [0.15, 0.2) is 0 Å². The minimum atomic E-state index is -1.06. The fourth-order valence-electron chi connectivity index (χ4n) is 1.61. The molecular formula is C12H23O5Si. The van der Waals surface area contributed by atoms with E-state index in [4.69, 9.17) is 23.7 Å². The first-order chi connectivity index (χ1) is 8.65. The molecule has 0 N–H and O–H groups in total. The van der Waals surface area contributed by atoms with Crippen molar-refractivity contribution in [1.29, 1.82) is 0 Å². The second-order valence-electron chi connectivity index (χ2n) is 3.96. The highest BCUT2D eigenvalue weighted by Crippen LogP contribution is 2.25. The summed E-state index contributed by atoms with van der Waals surface area (Å²) in [5.41, 5.74) is -0.173. The first-order valence-corrected chi connectivity index (χ1v) is 7.09. The van der Waals surface area contributed by atoms with E-state index in [1.54, 1.807) is 0 Å². The fraction of sp³-hybridized carbons (Fsp3) is 1.00. The maximum atomic E-state index is 5.77. The van der Waals surface area contributed by atoms with Gasteiger partial charge in [0, 0.05) is 25.5 Å². The highest BCUT2D eigenvalue weighted by Gasteiger charge is 2.37. The van der Waals surface area contributed by atoms with Crippen molar-refractivity contribution in [2.24, 2.45) is 0 Å². The molecule has 0 saturated carbocycles. The third-order valence-corrected chi connectivity index (χ3v) is 2.79. The molecular weight excluding hydrogens is 252 g/mol. The Morgan fingerprint density at radius 2 is 1.78 bits per heavy atom. The highest BCUT2D eigenvalue weighted by atomic mass is 28.1. The molecule has 0 aliphatic carbocycles. The molecule has 3 radical (unpaired) electrons. The van der Waals surface area contributed by atoms with Crippen molar-refractivity contribution in [3.63, 3.8) is 0 Å². The summed E-state index contributed by atoms with van der Waals surface area (Å²) in [5.74, 6) is -1.06. The summed E-state index contributed by atoms with van der Waals surface area (Å²) in [6, 6.07) is 0. The lowest BCUT2D eigenvalue weighted by molar-refractivity contribution is -0.385. The molecule has 105 valence electrons. The second-order valence-corrected chi connectivity index (χ2v) is 4.61. The number of hydrogen-bond donors (Lipinski definition) is 0. The molecule has 2 unspecified atom stereocenters. The zero-order valence-electron chi connectivity index (χ0n) is 11.4. The monoisotopic (exact) mass is 275 g/mol. The number of rotatable bonds is 11. The fourth-order valence-corrected chi connectivity index (χ4v) is 2.03. The molecule has 0 amide bonds. The van der Waals surface area contributed by atoms with E-state index in [0.717, 1.165) is 6.61 Å². The summed E-state index contributed by atoms with van der Waals surface area (Å²) in [5, 5.41) is 0. The molecule has 1 saturated heterocycles. The zero-order chi connectivity index (χ0) is 13.4. The van der Waals surface area contributed by atoms with E-state index in [-0.39, 0.29) is 11.8 Å². The van der Waals surface area contributed by atoms with Crippen molar-refractivity contribution in [1.82, 2.24) is 0 Å². The molecule has 18 heavy (non-hydrogen) atoms. The van der Waals surface area contributed by atoms with Crippen LogP contribution in [0.15, 0.2) is 0 Å². The summed E-state index contributed by atoms with van der Waals surface area (Å²) in [4.78, 5) is 0. The number of hydrogen-bond acceptors (Lipinski definition) is 5. The van der Waals surface area contributed by atoms with Crippen molar-refractivity contribution in [3.8, 4) is 0 Å². The molecule has 0 aromatic carbocycles. The molecule has 1 rings (SSSR count). The van der Waals surface area contributed by atoms with Gasteiger partial charge in [0.05, 0.1) is 29.9 Å². The lowest BCUT2D eigenvalue weighted by Gasteiger charge is -2.34. The Labute approximate surface area is 112 Å². The maximum Gasteiger partial charge on any atom is 0.285 e. The van der Waals surface area contributed by atoms with Crippen LogP contribution in [0, 0.1) is 0 Å². The largest absolute Gasteiger partial charge is 0.382 e. The number of epoxide rings is 1. The van der Waals surface area contributed by atoms with E-state index < -0.39 is 5.97 Å². The van der Waals surface area contributed by atoms with E-state index in [9.17, 15) is 0 Å². The minimum absolute atomic E-state index is 0.172. The smallest absolute Gasteiger partial charge is 0.285 e. The summed E-state index contributed by atoms with van der Waals surface area (Å²) in [6.07, 6.45) is 0.636. The predicted molar refractivity (Wildman–Crippen MR) is 67.5 cm³/mol. The van der Waals surface area contributed by atoms with Gasteiger partial charge in [-0.2, -0.15) is 0 Å². The summed E-state index contributed by atoms with van der Waals surface area (Å²) < 4.78 is 27.7. The Kier molecular flexibility index (Phi) is 7.36. The second kappa shape index (κ2) is 8.24. The van der Waals surface area contributed by atoms with Crippen LogP contribution in [0.3, 0.4) is 0 Å². The Balaban J connectivity index is 2.54. The molecule has 5 nitrogen and oxygen atoms in total. The van der Waals surface area contributed by atoms with Gasteiger partial charge in [0.2, 0.25) is 0 Å². The molecule has 1 fully saturated rings. The summed E-state index contributed by atoms with van der Waals surface area (Å²) >= 11 is 0. The van der Waals surface area contributed by atoms with Crippen molar-refractivity contribution in [2.45, 2.75) is 45.0 Å². The van der Waals surface area contributed by atoms with Crippen LogP contribution < -0.4 is 0 Å². The molecule has 1 aliphatic heterocycles. The highest BCUT2D eigenvalue weighted by molar-refractivity contribution is 6.11. The van der Waals surface area contributed by atoms with Gasteiger partial charge in [-0.15, -0.1) is 0 Å². The van der Waals surface area contributed by atoms with E-state index in [1.807, 2.05) is 20.8 Å². The first-order valence-electron chi connectivity index (χ1n) is 6.52. The Bertz CT molecular complexity index is 217. The average Bonchev–Trinajstić information content (AvgIpc) is 3.11. The quantitative estimate of drug-likeness (QED) is 0.320. The molecule has 0 aromatic heterocycles. The zero-order valence-corrected chi connectivity index (χ0v) is 12.4. The van der Waals surface area contributed by atoms with E-state index >= 15 is 0 Å². The van der Waals surface area contributed by atoms with Gasteiger partial charge >= 0.3 is 0 Å². The van der Waals surface area contributed by atoms with Gasteiger partial charge < -0.3 is 23.7 Å². The molecule has 6 heteroatoms. The van der Waals surface area contributed by atoms with Gasteiger partial charge in [-0.3, -0.25) is 0 Å². The topological polar surface area (TPSA) is 49.5 Å². The van der Waals surface area contributed by atoms with Gasteiger partial charge in [0.1, 0.15) is 6.10 Å². The third-order valence-electron chi connectivity index (χ3n) is 2.42. The van der Waals surface area contributed by atoms with Crippen LogP contribution in [0.25, 0.3) is 0 Å². The molecule has 0 spiro atoms. The van der Waals surface area contributed by atoms with Crippen LogP contribution in [-0.2, 0) is 23.7 Å². The summed E-state index contributed by atoms with van der Waals surface area (Å²) in [6.45, 7) is 8.63. The normalized spacial score (nSPS) is 21.0. The van der Waals surface area contributed by atoms with Crippen molar-refractivity contribution in [2.75, 3.05) is 33.0 Å². The first kappa shape index (κ1) is 16.1. The van der Waals surface area contributed by atoms with Crippen LogP contribution in [0.1, 0.15) is 27.2 Å². The van der Waals surface area contributed by atoms with Crippen molar-refractivity contribution < 1.29 is 23.7 Å². The molecule has 2 atom stereocenters.